The molecule has 0 unspecified atom stereocenters. The highest BCUT2D eigenvalue weighted by atomic mass is 32.2. The number of nitrogens with zero attached hydrogens (tertiary/aromatic N) is 1. The minimum Gasteiger partial charge on any atom is -0.317 e. The predicted octanol–water partition coefficient (Wildman–Crippen LogP) is 1.84. The molecule has 1 aromatic heterocycles. The number of sulfonamides is 1. The highest BCUT2D eigenvalue weighted by molar-refractivity contribution is 7.89. The third kappa shape index (κ3) is 7.55. The maximum atomic E-state index is 11.9. The number of aromatic nitrogens is 1. The van der Waals surface area contributed by atoms with E-state index < -0.39 is 10.0 Å². The molecule has 0 bridgehead atoms. The number of aryl methyl sites for hydroxylation is 1. The van der Waals surface area contributed by atoms with E-state index in [-0.39, 0.29) is 12.3 Å². The van der Waals surface area contributed by atoms with Gasteiger partial charge in [-0.3, -0.25) is 4.98 Å². The fourth-order valence-corrected chi connectivity index (χ4v) is 3.13. The average molecular weight is 313 g/mol. The van der Waals surface area contributed by atoms with Crippen LogP contribution in [0.3, 0.4) is 0 Å². The van der Waals surface area contributed by atoms with Crippen molar-refractivity contribution in [3.05, 3.63) is 29.6 Å². The molecule has 0 aliphatic heterocycles. The SMILES string of the molecule is CCCNCCCCS(=O)(=O)NCc1ncccc1CC. The summed E-state index contributed by atoms with van der Waals surface area (Å²) >= 11 is 0. The van der Waals surface area contributed by atoms with Crippen molar-refractivity contribution in [2.45, 2.75) is 46.1 Å². The number of pyridine rings is 1. The molecule has 5 nitrogen and oxygen atoms in total. The first-order valence-corrected chi connectivity index (χ1v) is 9.35. The fourth-order valence-electron chi connectivity index (χ4n) is 2.05. The number of rotatable bonds is 11. The largest absolute Gasteiger partial charge is 0.317 e. The maximum absolute atomic E-state index is 11.9. The predicted molar refractivity (Wildman–Crippen MR) is 86.6 cm³/mol. The van der Waals surface area contributed by atoms with Gasteiger partial charge < -0.3 is 5.32 Å². The Labute approximate surface area is 128 Å². The van der Waals surface area contributed by atoms with E-state index in [9.17, 15) is 8.42 Å². The van der Waals surface area contributed by atoms with E-state index in [0.717, 1.165) is 43.6 Å². The first-order valence-electron chi connectivity index (χ1n) is 7.70. The Morgan fingerprint density at radius 2 is 2.00 bits per heavy atom. The first-order chi connectivity index (χ1) is 10.1. The van der Waals surface area contributed by atoms with E-state index in [0.29, 0.717) is 6.42 Å². The van der Waals surface area contributed by atoms with Crippen molar-refractivity contribution in [1.82, 2.24) is 15.0 Å². The van der Waals surface area contributed by atoms with Crippen LogP contribution in [0.4, 0.5) is 0 Å². The van der Waals surface area contributed by atoms with Crippen LogP contribution in [0, 0.1) is 0 Å². The van der Waals surface area contributed by atoms with E-state index in [4.69, 9.17) is 0 Å². The lowest BCUT2D eigenvalue weighted by atomic mass is 10.1. The zero-order valence-electron chi connectivity index (χ0n) is 13.1. The smallest absolute Gasteiger partial charge is 0.211 e. The summed E-state index contributed by atoms with van der Waals surface area (Å²) in [5.41, 5.74) is 1.90. The van der Waals surface area contributed by atoms with Crippen molar-refractivity contribution < 1.29 is 8.42 Å². The number of hydrogen-bond donors (Lipinski definition) is 2. The summed E-state index contributed by atoms with van der Waals surface area (Å²) in [6.07, 6.45) is 5.21. The highest BCUT2D eigenvalue weighted by Gasteiger charge is 2.11. The minimum absolute atomic E-state index is 0.176. The molecule has 1 rings (SSSR count). The second kappa shape index (κ2) is 9.87. The third-order valence-electron chi connectivity index (χ3n) is 3.27. The van der Waals surface area contributed by atoms with Crippen LogP contribution < -0.4 is 10.0 Å². The molecule has 120 valence electrons. The fraction of sp³-hybridized carbons (Fsp3) is 0.667. The van der Waals surface area contributed by atoms with Gasteiger partial charge in [-0.2, -0.15) is 0 Å². The van der Waals surface area contributed by atoms with Gasteiger partial charge in [0.15, 0.2) is 0 Å². The molecule has 0 saturated carbocycles. The van der Waals surface area contributed by atoms with E-state index in [1.807, 2.05) is 19.1 Å². The van der Waals surface area contributed by atoms with Gasteiger partial charge in [-0.15, -0.1) is 0 Å². The molecule has 0 amide bonds. The standard InChI is InChI=1S/C15H27N3O2S/c1-3-9-16-10-5-6-12-21(19,20)18-13-15-14(4-2)8-7-11-17-15/h7-8,11,16,18H,3-6,9-10,12-13H2,1-2H3. The number of hydrogen-bond acceptors (Lipinski definition) is 4. The lowest BCUT2D eigenvalue weighted by Gasteiger charge is -2.09. The molecule has 1 aromatic rings. The van der Waals surface area contributed by atoms with Gasteiger partial charge in [-0.25, -0.2) is 13.1 Å². The quantitative estimate of drug-likeness (QED) is 0.612. The molecular formula is C15H27N3O2S. The van der Waals surface area contributed by atoms with Crippen LogP contribution >= 0.6 is 0 Å². The summed E-state index contributed by atoms with van der Waals surface area (Å²) in [5, 5.41) is 3.27. The van der Waals surface area contributed by atoms with E-state index in [1.54, 1.807) is 6.20 Å². The van der Waals surface area contributed by atoms with Crippen LogP contribution in [0.2, 0.25) is 0 Å². The Hall–Kier alpha value is -0.980. The number of unbranched alkanes of at least 4 members (excludes halogenated alkanes) is 1. The van der Waals surface area contributed by atoms with Gasteiger partial charge in [0.1, 0.15) is 0 Å². The van der Waals surface area contributed by atoms with Crippen molar-refractivity contribution in [2.75, 3.05) is 18.8 Å². The Bertz CT molecular complexity index is 503. The molecule has 21 heavy (non-hydrogen) atoms. The molecule has 0 saturated heterocycles. The summed E-state index contributed by atoms with van der Waals surface area (Å²) < 4.78 is 26.5. The monoisotopic (exact) mass is 313 g/mol. The van der Waals surface area contributed by atoms with Crippen LogP contribution in [0.5, 0.6) is 0 Å². The molecule has 6 heteroatoms. The van der Waals surface area contributed by atoms with E-state index >= 15 is 0 Å². The highest BCUT2D eigenvalue weighted by Crippen LogP contribution is 2.06. The first kappa shape index (κ1) is 18.1. The van der Waals surface area contributed by atoms with Gasteiger partial charge in [-0.1, -0.05) is 19.9 Å². The molecule has 1 heterocycles. The average Bonchev–Trinajstić information content (AvgIpc) is 2.49. The van der Waals surface area contributed by atoms with Crippen molar-refractivity contribution in [3.63, 3.8) is 0 Å². The minimum atomic E-state index is -3.22. The van der Waals surface area contributed by atoms with Crippen LogP contribution in [0.25, 0.3) is 0 Å². The molecule has 0 aliphatic rings. The van der Waals surface area contributed by atoms with Crippen molar-refractivity contribution in [2.24, 2.45) is 0 Å². The van der Waals surface area contributed by atoms with Crippen LogP contribution in [-0.2, 0) is 23.0 Å². The molecule has 0 aromatic carbocycles. The molecule has 0 spiro atoms. The summed E-state index contributed by atoms with van der Waals surface area (Å²) in [4.78, 5) is 4.25. The van der Waals surface area contributed by atoms with Gasteiger partial charge in [0.05, 0.1) is 18.0 Å². The van der Waals surface area contributed by atoms with Crippen LogP contribution in [0.15, 0.2) is 18.3 Å². The second-order valence-corrected chi connectivity index (χ2v) is 6.99. The third-order valence-corrected chi connectivity index (χ3v) is 4.68. The maximum Gasteiger partial charge on any atom is 0.211 e. The zero-order valence-corrected chi connectivity index (χ0v) is 13.9. The van der Waals surface area contributed by atoms with Crippen molar-refractivity contribution in [1.29, 1.82) is 0 Å². The van der Waals surface area contributed by atoms with Gasteiger partial charge in [-0.05, 0) is 50.4 Å². The lowest BCUT2D eigenvalue weighted by Crippen LogP contribution is -2.27. The molecule has 0 aliphatic carbocycles. The Kier molecular flexibility index (Phi) is 8.49. The molecule has 0 atom stereocenters. The van der Waals surface area contributed by atoms with Crippen LogP contribution in [0.1, 0.15) is 44.4 Å². The molecular weight excluding hydrogens is 286 g/mol. The second-order valence-electron chi connectivity index (χ2n) is 5.06. The topological polar surface area (TPSA) is 71.1 Å². The number of nitrogens with one attached hydrogen (secondary N) is 2. The Morgan fingerprint density at radius 1 is 1.19 bits per heavy atom. The molecule has 0 radical (unpaired) electrons. The van der Waals surface area contributed by atoms with Gasteiger partial charge in [0.25, 0.3) is 0 Å². The summed E-state index contributed by atoms with van der Waals surface area (Å²) in [5.74, 6) is 0.176. The van der Waals surface area contributed by atoms with Crippen LogP contribution in [-0.4, -0.2) is 32.2 Å². The van der Waals surface area contributed by atoms with Gasteiger partial charge in [0.2, 0.25) is 10.0 Å². The molecule has 0 fully saturated rings. The summed E-state index contributed by atoms with van der Waals surface area (Å²) in [6, 6.07) is 3.86. The van der Waals surface area contributed by atoms with Crippen molar-refractivity contribution >= 4 is 10.0 Å². The van der Waals surface area contributed by atoms with Gasteiger partial charge in [0, 0.05) is 6.20 Å². The van der Waals surface area contributed by atoms with Gasteiger partial charge >= 0.3 is 0 Å². The Morgan fingerprint density at radius 3 is 2.71 bits per heavy atom. The summed E-state index contributed by atoms with van der Waals surface area (Å²) in [6.45, 7) is 6.30. The molecule has 2 N–H and O–H groups in total. The van der Waals surface area contributed by atoms with E-state index in [1.165, 1.54) is 0 Å². The summed E-state index contributed by atoms with van der Waals surface area (Å²) in [7, 11) is -3.22. The normalized spacial score (nSPS) is 11.7. The van der Waals surface area contributed by atoms with Crippen molar-refractivity contribution in [3.8, 4) is 0 Å². The Balaban J connectivity index is 2.32. The van der Waals surface area contributed by atoms with E-state index in [2.05, 4.69) is 21.9 Å². The zero-order chi connectivity index (χ0) is 15.6. The lowest BCUT2D eigenvalue weighted by molar-refractivity contribution is 0.571.